The highest BCUT2D eigenvalue weighted by Gasteiger charge is 2.40. The average molecular weight is 362 g/mol. The molecule has 1 aliphatic heterocycles. The van der Waals surface area contributed by atoms with Crippen molar-refractivity contribution in [2.45, 2.75) is 19.4 Å². The second-order valence-electron chi connectivity index (χ2n) is 6.49. The van der Waals surface area contributed by atoms with Crippen molar-refractivity contribution in [1.82, 2.24) is 10.2 Å². The SMILES string of the molecule is CC(C(=O)NCCc1cc2ccccc2o1)N1C(=O)c2ccccc2C1=O. The van der Waals surface area contributed by atoms with Gasteiger partial charge in [-0.1, -0.05) is 30.3 Å². The second kappa shape index (κ2) is 6.72. The van der Waals surface area contributed by atoms with Crippen LogP contribution in [-0.4, -0.2) is 35.2 Å². The van der Waals surface area contributed by atoms with Gasteiger partial charge in [0.1, 0.15) is 17.4 Å². The molecule has 1 atom stereocenters. The van der Waals surface area contributed by atoms with E-state index in [0.29, 0.717) is 24.1 Å². The fraction of sp³-hybridized carbons (Fsp3) is 0.190. The van der Waals surface area contributed by atoms with E-state index >= 15 is 0 Å². The zero-order valence-corrected chi connectivity index (χ0v) is 14.8. The molecule has 1 N–H and O–H groups in total. The Kier molecular flexibility index (Phi) is 4.24. The van der Waals surface area contributed by atoms with E-state index in [1.807, 2.05) is 30.3 Å². The number of hydrogen-bond donors (Lipinski definition) is 1. The zero-order valence-electron chi connectivity index (χ0n) is 14.8. The molecule has 0 bridgehead atoms. The van der Waals surface area contributed by atoms with Gasteiger partial charge >= 0.3 is 0 Å². The molecule has 2 heterocycles. The average Bonchev–Trinajstić information content (AvgIpc) is 3.20. The van der Waals surface area contributed by atoms with Crippen molar-refractivity contribution in [3.05, 3.63) is 71.5 Å². The Labute approximate surface area is 155 Å². The number of imide groups is 1. The van der Waals surface area contributed by atoms with E-state index in [-0.39, 0.29) is 5.91 Å². The number of rotatable bonds is 5. The highest BCUT2D eigenvalue weighted by molar-refractivity contribution is 6.22. The molecule has 1 aliphatic rings. The molecule has 0 saturated carbocycles. The lowest BCUT2D eigenvalue weighted by atomic mass is 10.1. The zero-order chi connectivity index (χ0) is 19.0. The standard InChI is InChI=1S/C21H18N2O4/c1-13(23-20(25)16-7-3-4-8-17(16)21(23)26)19(24)22-11-10-15-12-14-6-2-5-9-18(14)27-15/h2-9,12-13H,10-11H2,1H3,(H,22,24). The number of carbonyl (C=O) groups excluding carboxylic acids is 3. The Morgan fingerprint density at radius 3 is 2.33 bits per heavy atom. The predicted molar refractivity (Wildman–Crippen MR) is 99.3 cm³/mol. The van der Waals surface area contributed by atoms with E-state index in [4.69, 9.17) is 4.42 Å². The van der Waals surface area contributed by atoms with Crippen LogP contribution in [0.3, 0.4) is 0 Å². The molecular formula is C21H18N2O4. The first kappa shape index (κ1) is 17.0. The number of hydrogen-bond acceptors (Lipinski definition) is 4. The van der Waals surface area contributed by atoms with Crippen molar-refractivity contribution >= 4 is 28.7 Å². The molecule has 27 heavy (non-hydrogen) atoms. The largest absolute Gasteiger partial charge is 0.461 e. The topological polar surface area (TPSA) is 79.6 Å². The van der Waals surface area contributed by atoms with Gasteiger partial charge in [-0.15, -0.1) is 0 Å². The van der Waals surface area contributed by atoms with Crippen molar-refractivity contribution in [3.8, 4) is 0 Å². The van der Waals surface area contributed by atoms with Gasteiger partial charge in [0.2, 0.25) is 5.91 Å². The third-order valence-electron chi connectivity index (χ3n) is 4.74. The number of fused-ring (bicyclic) bond motifs is 2. The predicted octanol–water partition coefficient (Wildman–Crippen LogP) is 2.78. The third kappa shape index (κ3) is 2.99. The molecule has 3 amide bonds. The lowest BCUT2D eigenvalue weighted by molar-refractivity contribution is -0.124. The summed E-state index contributed by atoms with van der Waals surface area (Å²) in [4.78, 5) is 38.4. The van der Waals surface area contributed by atoms with E-state index in [1.54, 1.807) is 31.2 Å². The van der Waals surface area contributed by atoms with Gasteiger partial charge in [-0.05, 0) is 31.2 Å². The summed E-state index contributed by atoms with van der Waals surface area (Å²) in [7, 11) is 0. The van der Waals surface area contributed by atoms with E-state index in [1.165, 1.54) is 0 Å². The van der Waals surface area contributed by atoms with Crippen molar-refractivity contribution in [2.24, 2.45) is 0 Å². The van der Waals surface area contributed by atoms with Crippen LogP contribution in [0.1, 0.15) is 33.4 Å². The molecule has 0 aliphatic carbocycles. The molecule has 6 nitrogen and oxygen atoms in total. The van der Waals surface area contributed by atoms with Gasteiger partial charge in [-0.25, -0.2) is 0 Å². The fourth-order valence-corrected chi connectivity index (χ4v) is 3.29. The Balaban J connectivity index is 1.38. The number of nitrogens with zero attached hydrogens (tertiary/aromatic N) is 1. The summed E-state index contributed by atoms with van der Waals surface area (Å²) in [5.41, 5.74) is 1.48. The van der Waals surface area contributed by atoms with Crippen LogP contribution < -0.4 is 5.32 Å². The first-order valence-electron chi connectivity index (χ1n) is 8.78. The monoisotopic (exact) mass is 362 g/mol. The summed E-state index contributed by atoms with van der Waals surface area (Å²) in [5, 5.41) is 3.79. The number of para-hydroxylation sites is 1. The first-order chi connectivity index (χ1) is 13.1. The first-order valence-corrected chi connectivity index (χ1v) is 8.78. The van der Waals surface area contributed by atoms with Crippen LogP contribution in [-0.2, 0) is 11.2 Å². The Hall–Kier alpha value is -3.41. The van der Waals surface area contributed by atoms with Gasteiger partial charge in [0.25, 0.3) is 11.8 Å². The number of nitrogens with one attached hydrogen (secondary N) is 1. The number of carbonyl (C=O) groups is 3. The van der Waals surface area contributed by atoms with Gasteiger partial charge in [0.15, 0.2) is 0 Å². The van der Waals surface area contributed by atoms with Crippen LogP contribution >= 0.6 is 0 Å². The Morgan fingerprint density at radius 1 is 1.04 bits per heavy atom. The van der Waals surface area contributed by atoms with Crippen molar-refractivity contribution in [3.63, 3.8) is 0 Å². The number of furan rings is 1. The van der Waals surface area contributed by atoms with Crippen LogP contribution in [0.2, 0.25) is 0 Å². The van der Waals surface area contributed by atoms with E-state index < -0.39 is 17.9 Å². The van der Waals surface area contributed by atoms with E-state index in [2.05, 4.69) is 5.32 Å². The normalized spacial score (nSPS) is 14.5. The lowest BCUT2D eigenvalue weighted by Gasteiger charge is -2.21. The summed E-state index contributed by atoms with van der Waals surface area (Å²) in [6.07, 6.45) is 0.523. The summed E-state index contributed by atoms with van der Waals surface area (Å²) in [6, 6.07) is 15.4. The minimum Gasteiger partial charge on any atom is -0.461 e. The Bertz CT molecular complexity index is 985. The van der Waals surface area contributed by atoms with Crippen LogP contribution in [0.15, 0.2) is 59.0 Å². The van der Waals surface area contributed by atoms with Crippen LogP contribution in [0.4, 0.5) is 0 Å². The van der Waals surface area contributed by atoms with Gasteiger partial charge < -0.3 is 9.73 Å². The maximum Gasteiger partial charge on any atom is 0.262 e. The van der Waals surface area contributed by atoms with E-state index in [0.717, 1.165) is 21.6 Å². The molecule has 0 spiro atoms. The molecular weight excluding hydrogens is 344 g/mol. The van der Waals surface area contributed by atoms with Crippen LogP contribution in [0.25, 0.3) is 11.0 Å². The third-order valence-corrected chi connectivity index (χ3v) is 4.74. The highest BCUT2D eigenvalue weighted by atomic mass is 16.3. The van der Waals surface area contributed by atoms with Crippen molar-refractivity contribution in [2.75, 3.05) is 6.54 Å². The maximum atomic E-state index is 12.5. The number of amides is 3. The summed E-state index contributed by atoms with van der Waals surface area (Å²) in [5.74, 6) is -0.475. The number of benzene rings is 2. The molecule has 136 valence electrons. The quantitative estimate of drug-likeness (QED) is 0.708. The van der Waals surface area contributed by atoms with Gasteiger partial charge in [0, 0.05) is 18.4 Å². The molecule has 1 aromatic heterocycles. The van der Waals surface area contributed by atoms with Crippen molar-refractivity contribution in [1.29, 1.82) is 0 Å². The molecule has 3 aromatic rings. The fourth-order valence-electron chi connectivity index (χ4n) is 3.29. The maximum absolute atomic E-state index is 12.5. The highest BCUT2D eigenvalue weighted by Crippen LogP contribution is 2.24. The molecule has 1 unspecified atom stereocenters. The van der Waals surface area contributed by atoms with E-state index in [9.17, 15) is 14.4 Å². The minimum atomic E-state index is -0.881. The molecule has 4 rings (SSSR count). The Morgan fingerprint density at radius 2 is 1.67 bits per heavy atom. The molecule has 2 aromatic carbocycles. The smallest absolute Gasteiger partial charge is 0.262 e. The van der Waals surface area contributed by atoms with Crippen LogP contribution in [0, 0.1) is 0 Å². The molecule has 0 radical (unpaired) electrons. The molecule has 0 saturated heterocycles. The van der Waals surface area contributed by atoms with Gasteiger partial charge in [-0.3, -0.25) is 19.3 Å². The summed E-state index contributed by atoms with van der Waals surface area (Å²) < 4.78 is 5.72. The van der Waals surface area contributed by atoms with Gasteiger partial charge in [0.05, 0.1) is 11.1 Å². The van der Waals surface area contributed by atoms with Crippen molar-refractivity contribution < 1.29 is 18.8 Å². The second-order valence-corrected chi connectivity index (χ2v) is 6.49. The van der Waals surface area contributed by atoms with Crippen LogP contribution in [0.5, 0.6) is 0 Å². The lowest BCUT2D eigenvalue weighted by Crippen LogP contribution is -2.48. The minimum absolute atomic E-state index is 0.337. The summed E-state index contributed by atoms with van der Waals surface area (Å²) in [6.45, 7) is 1.91. The molecule has 6 heteroatoms. The molecule has 0 fully saturated rings. The van der Waals surface area contributed by atoms with Gasteiger partial charge in [-0.2, -0.15) is 0 Å². The summed E-state index contributed by atoms with van der Waals surface area (Å²) >= 11 is 0.